The van der Waals surface area contributed by atoms with E-state index in [-0.39, 0.29) is 0 Å². The number of hydrogen-bond donors (Lipinski definition) is 1. The second-order valence-electron chi connectivity index (χ2n) is 4.53. The third-order valence-corrected chi connectivity index (χ3v) is 8.07. The Balaban J connectivity index is 1.82. The maximum absolute atomic E-state index is 3.62. The molecule has 1 heterocycles. The van der Waals surface area contributed by atoms with Crippen LogP contribution in [0.3, 0.4) is 0 Å². The molecule has 1 aromatic rings. The molecule has 1 saturated carbocycles. The minimum atomic E-state index is 0.506. The van der Waals surface area contributed by atoms with Gasteiger partial charge in [-0.3, -0.25) is 0 Å². The Morgan fingerprint density at radius 3 is 2.65 bits per heavy atom. The van der Waals surface area contributed by atoms with Crippen molar-refractivity contribution in [2.75, 3.05) is 12.8 Å². The van der Waals surface area contributed by atoms with Crippen LogP contribution < -0.4 is 5.32 Å². The maximum atomic E-state index is 3.62. The molecule has 0 aliphatic heterocycles. The van der Waals surface area contributed by atoms with Gasteiger partial charge >= 0.3 is 0 Å². The van der Waals surface area contributed by atoms with E-state index in [1.165, 1.54) is 38.8 Å². The van der Waals surface area contributed by atoms with E-state index >= 15 is 0 Å². The first-order valence-electron chi connectivity index (χ1n) is 5.85. The lowest BCUT2D eigenvalue weighted by Crippen LogP contribution is -2.34. The Kier molecular flexibility index (Phi) is 5.43. The van der Waals surface area contributed by atoms with E-state index in [0.717, 1.165) is 13.1 Å². The molecule has 1 aliphatic rings. The first-order chi connectivity index (χ1) is 8.15. The number of hydrogen-bond acceptors (Lipinski definition) is 3. The molecule has 0 unspecified atom stereocenters. The lowest BCUT2D eigenvalue weighted by Gasteiger charge is -2.26. The van der Waals surface area contributed by atoms with Crippen LogP contribution in [0.1, 0.15) is 30.6 Å². The van der Waals surface area contributed by atoms with E-state index < -0.39 is 0 Å². The minimum Gasteiger partial charge on any atom is -0.310 e. The van der Waals surface area contributed by atoms with Crippen molar-refractivity contribution < 1.29 is 0 Å². The Morgan fingerprint density at radius 2 is 2.12 bits per heavy atom. The van der Waals surface area contributed by atoms with Gasteiger partial charge in [-0.1, -0.05) is 12.8 Å². The average molecular weight is 399 g/mol. The first-order valence-corrected chi connectivity index (χ1v) is 9.47. The zero-order valence-electron chi connectivity index (χ0n) is 9.89. The van der Waals surface area contributed by atoms with E-state index in [4.69, 9.17) is 0 Å². The molecular weight excluding hydrogens is 382 g/mol. The standard InChI is InChI=1S/C12H17Br2NS2/c1-16-12(4-2-3-5-12)8-15-7-9-6-10(13)11(14)17-9/h6,15H,2-5,7-8H2,1H3. The fourth-order valence-electron chi connectivity index (χ4n) is 2.36. The van der Waals surface area contributed by atoms with Gasteiger partial charge in [0.1, 0.15) is 0 Å². The van der Waals surface area contributed by atoms with Crippen molar-refractivity contribution in [1.29, 1.82) is 0 Å². The highest BCUT2D eigenvalue weighted by molar-refractivity contribution is 9.13. The number of nitrogens with one attached hydrogen (secondary N) is 1. The van der Waals surface area contributed by atoms with Crippen LogP contribution in [0.2, 0.25) is 0 Å². The van der Waals surface area contributed by atoms with Gasteiger partial charge in [0.25, 0.3) is 0 Å². The number of thiophene rings is 1. The summed E-state index contributed by atoms with van der Waals surface area (Å²) in [5, 5.41) is 3.62. The highest BCUT2D eigenvalue weighted by atomic mass is 79.9. The zero-order chi connectivity index (χ0) is 12.3. The number of rotatable bonds is 5. The third-order valence-electron chi connectivity index (χ3n) is 3.39. The molecule has 0 aromatic carbocycles. The van der Waals surface area contributed by atoms with Crippen LogP contribution in [0.5, 0.6) is 0 Å². The lowest BCUT2D eigenvalue weighted by molar-refractivity contribution is 0.535. The molecule has 2 rings (SSSR count). The van der Waals surface area contributed by atoms with Gasteiger partial charge in [0.2, 0.25) is 0 Å². The molecule has 1 N–H and O–H groups in total. The second-order valence-corrected chi connectivity index (χ2v) is 9.12. The Hall–Kier alpha value is 0.970. The lowest BCUT2D eigenvalue weighted by atomic mass is 10.1. The van der Waals surface area contributed by atoms with Crippen LogP contribution in [0.15, 0.2) is 14.3 Å². The zero-order valence-corrected chi connectivity index (χ0v) is 14.7. The molecule has 0 radical (unpaired) electrons. The van der Waals surface area contributed by atoms with E-state index in [1.807, 2.05) is 11.8 Å². The molecular formula is C12H17Br2NS2. The quantitative estimate of drug-likeness (QED) is 0.745. The smallest absolute Gasteiger partial charge is 0.0843 e. The van der Waals surface area contributed by atoms with Crippen LogP contribution in [0.4, 0.5) is 0 Å². The van der Waals surface area contributed by atoms with Gasteiger partial charge < -0.3 is 5.32 Å². The van der Waals surface area contributed by atoms with Crippen LogP contribution in [0, 0.1) is 0 Å². The molecule has 0 amide bonds. The van der Waals surface area contributed by atoms with Crippen LogP contribution in [-0.4, -0.2) is 17.5 Å². The summed E-state index contributed by atoms with van der Waals surface area (Å²) < 4.78 is 2.86. The molecule has 17 heavy (non-hydrogen) atoms. The van der Waals surface area contributed by atoms with E-state index in [9.17, 15) is 0 Å². The molecule has 1 aliphatic carbocycles. The maximum Gasteiger partial charge on any atom is 0.0843 e. The van der Waals surface area contributed by atoms with Crippen molar-refractivity contribution in [2.24, 2.45) is 0 Å². The van der Waals surface area contributed by atoms with E-state index in [0.29, 0.717) is 4.75 Å². The van der Waals surface area contributed by atoms with Gasteiger partial charge in [0.05, 0.1) is 3.79 Å². The van der Waals surface area contributed by atoms with Crippen molar-refractivity contribution in [2.45, 2.75) is 37.0 Å². The summed E-state index contributed by atoms with van der Waals surface area (Å²) in [5.74, 6) is 0. The second kappa shape index (κ2) is 6.42. The SMILES string of the molecule is CSC1(CNCc2cc(Br)c(Br)s2)CCCC1. The van der Waals surface area contributed by atoms with Crippen LogP contribution in [-0.2, 0) is 6.54 Å². The molecule has 0 saturated heterocycles. The first kappa shape index (κ1) is 14.4. The molecule has 5 heteroatoms. The minimum absolute atomic E-state index is 0.506. The molecule has 1 nitrogen and oxygen atoms in total. The topological polar surface area (TPSA) is 12.0 Å². The van der Waals surface area contributed by atoms with Gasteiger partial charge in [-0.2, -0.15) is 11.8 Å². The van der Waals surface area contributed by atoms with E-state index in [1.54, 1.807) is 11.3 Å². The van der Waals surface area contributed by atoms with Crippen molar-refractivity contribution in [3.8, 4) is 0 Å². The van der Waals surface area contributed by atoms with Crippen molar-refractivity contribution in [3.05, 3.63) is 19.2 Å². The summed E-state index contributed by atoms with van der Waals surface area (Å²) in [7, 11) is 0. The summed E-state index contributed by atoms with van der Waals surface area (Å²) in [6, 6.07) is 2.20. The molecule has 0 atom stereocenters. The number of halogens is 2. The summed E-state index contributed by atoms with van der Waals surface area (Å²) >= 11 is 10.9. The summed E-state index contributed by atoms with van der Waals surface area (Å²) in [6.07, 6.45) is 7.81. The Bertz CT molecular complexity index is 353. The van der Waals surface area contributed by atoms with Gasteiger partial charge in [0.15, 0.2) is 0 Å². The Morgan fingerprint density at radius 1 is 1.41 bits per heavy atom. The molecule has 96 valence electrons. The number of thioether (sulfide) groups is 1. The van der Waals surface area contributed by atoms with Gasteiger partial charge in [0, 0.05) is 27.2 Å². The molecule has 1 fully saturated rings. The molecule has 0 spiro atoms. The molecule has 1 aromatic heterocycles. The Labute approximate surface area is 128 Å². The molecule has 0 bridgehead atoms. The monoisotopic (exact) mass is 397 g/mol. The van der Waals surface area contributed by atoms with Gasteiger partial charge in [-0.05, 0) is 57.0 Å². The predicted octanol–water partition coefficient (Wildman–Crippen LogP) is 5.04. The van der Waals surface area contributed by atoms with Crippen molar-refractivity contribution in [1.82, 2.24) is 5.32 Å². The third kappa shape index (κ3) is 3.72. The largest absolute Gasteiger partial charge is 0.310 e. The van der Waals surface area contributed by atoms with Crippen molar-refractivity contribution >= 4 is 55.0 Å². The summed E-state index contributed by atoms with van der Waals surface area (Å²) in [6.45, 7) is 2.12. The predicted molar refractivity (Wildman–Crippen MR) is 86.1 cm³/mol. The normalized spacial score (nSPS) is 18.8. The van der Waals surface area contributed by atoms with Crippen molar-refractivity contribution in [3.63, 3.8) is 0 Å². The highest BCUT2D eigenvalue weighted by Gasteiger charge is 2.32. The highest BCUT2D eigenvalue weighted by Crippen LogP contribution is 2.39. The summed E-state index contributed by atoms with van der Waals surface area (Å²) in [4.78, 5) is 1.39. The van der Waals surface area contributed by atoms with Gasteiger partial charge in [-0.15, -0.1) is 11.3 Å². The van der Waals surface area contributed by atoms with Crippen LogP contribution in [0.25, 0.3) is 0 Å². The van der Waals surface area contributed by atoms with E-state index in [2.05, 4.69) is 49.5 Å². The fourth-order valence-corrected chi connectivity index (χ4v) is 5.45. The summed E-state index contributed by atoms with van der Waals surface area (Å²) in [5.41, 5.74) is 0. The van der Waals surface area contributed by atoms with Gasteiger partial charge in [-0.25, -0.2) is 0 Å². The van der Waals surface area contributed by atoms with Crippen LogP contribution >= 0.6 is 55.0 Å². The fraction of sp³-hybridized carbons (Fsp3) is 0.667. The average Bonchev–Trinajstić information content (AvgIpc) is 2.89.